The summed E-state index contributed by atoms with van der Waals surface area (Å²) in [6, 6.07) is 41.6. The summed E-state index contributed by atoms with van der Waals surface area (Å²) in [4.78, 5) is 0. The Balaban J connectivity index is 0.000000211. The van der Waals surface area contributed by atoms with Gasteiger partial charge in [0.2, 0.25) is 0 Å². The monoisotopic (exact) mass is 488 g/mol. The summed E-state index contributed by atoms with van der Waals surface area (Å²) in [7, 11) is -0.644. The summed E-state index contributed by atoms with van der Waals surface area (Å²) < 4.78 is 0. The molecule has 180 valence electrons. The van der Waals surface area contributed by atoms with Gasteiger partial charge in [0.05, 0.1) is 0 Å². The molecule has 0 unspecified atom stereocenters. The van der Waals surface area contributed by atoms with Crippen LogP contribution in [0.25, 0.3) is 11.1 Å². The Morgan fingerprint density at radius 2 is 0.861 bits per heavy atom. The molecule has 0 aliphatic heterocycles. The highest BCUT2D eigenvalue weighted by molar-refractivity contribution is 7.80. The Morgan fingerprint density at radius 1 is 0.444 bits per heavy atom. The van der Waals surface area contributed by atoms with Gasteiger partial charge in [-0.25, -0.2) is 0 Å². The first-order chi connectivity index (χ1) is 17.5. The fourth-order valence-corrected chi connectivity index (χ4v) is 6.98. The molecule has 0 aliphatic rings. The van der Waals surface area contributed by atoms with Crippen molar-refractivity contribution >= 4 is 23.8 Å². The second-order valence-electron chi connectivity index (χ2n) is 9.02. The molecular weight excluding hydrogens is 455 g/mol. The number of phenols is 1. The lowest BCUT2D eigenvalue weighted by Crippen LogP contribution is -2.25. The van der Waals surface area contributed by atoms with Crippen LogP contribution >= 0.6 is 7.92 Å². The topological polar surface area (TPSA) is 20.2 Å². The molecule has 0 spiro atoms. The fraction of sp³-hybridized carbons (Fsp3) is 0.118. The van der Waals surface area contributed by atoms with E-state index in [4.69, 9.17) is 0 Å². The number of aryl methyl sites for hydroxylation is 2. The number of aromatic hydroxyl groups is 1. The maximum absolute atomic E-state index is 9.68. The van der Waals surface area contributed by atoms with Crippen LogP contribution in [-0.2, 0) is 0 Å². The highest BCUT2D eigenvalue weighted by Crippen LogP contribution is 2.36. The lowest BCUT2D eigenvalue weighted by molar-refractivity contribution is 0.475. The second kappa shape index (κ2) is 11.8. The predicted octanol–water partition coefficient (Wildman–Crippen LogP) is 7.74. The van der Waals surface area contributed by atoms with E-state index in [9.17, 15) is 5.11 Å². The summed E-state index contributed by atoms with van der Waals surface area (Å²) in [5.41, 5.74) is 7.92. The molecule has 1 N–H and O–H groups in total. The summed E-state index contributed by atoms with van der Waals surface area (Å²) in [5.74, 6) is 0.315. The molecule has 0 saturated heterocycles. The van der Waals surface area contributed by atoms with Crippen molar-refractivity contribution in [2.45, 2.75) is 27.7 Å². The SMILES string of the molecule is Cc1cccc(P(c2ccc(O)cc2)c2cccc(C)c2C)c1C.c1ccc(-c2ccccc2)cc1. The number of benzene rings is 5. The molecule has 1 nitrogen and oxygen atoms in total. The van der Waals surface area contributed by atoms with Gasteiger partial charge in [-0.3, -0.25) is 0 Å². The second-order valence-corrected chi connectivity index (χ2v) is 11.2. The summed E-state index contributed by atoms with van der Waals surface area (Å²) >= 11 is 0. The van der Waals surface area contributed by atoms with Crippen LogP contribution in [-0.4, -0.2) is 5.11 Å². The molecule has 0 amide bonds. The highest BCUT2D eigenvalue weighted by atomic mass is 31.1. The van der Waals surface area contributed by atoms with Crippen molar-refractivity contribution in [3.8, 4) is 16.9 Å². The maximum Gasteiger partial charge on any atom is 0.115 e. The van der Waals surface area contributed by atoms with Crippen molar-refractivity contribution in [3.63, 3.8) is 0 Å². The largest absolute Gasteiger partial charge is 0.508 e. The molecule has 0 fully saturated rings. The Morgan fingerprint density at radius 3 is 1.28 bits per heavy atom. The Hall–Kier alpha value is -3.67. The molecule has 0 aliphatic carbocycles. The number of phenolic OH excluding ortho intramolecular Hbond substituents is 1. The van der Waals surface area contributed by atoms with E-state index in [1.165, 1.54) is 49.3 Å². The molecule has 0 saturated carbocycles. The van der Waals surface area contributed by atoms with Gasteiger partial charge in [-0.2, -0.15) is 0 Å². The molecule has 5 aromatic rings. The zero-order chi connectivity index (χ0) is 25.5. The van der Waals surface area contributed by atoms with Gasteiger partial charge in [-0.15, -0.1) is 0 Å². The van der Waals surface area contributed by atoms with Crippen LogP contribution in [0.3, 0.4) is 0 Å². The first-order valence-corrected chi connectivity index (χ1v) is 13.6. The van der Waals surface area contributed by atoms with Crippen molar-refractivity contribution < 1.29 is 5.11 Å². The van der Waals surface area contributed by atoms with Gasteiger partial charge in [0.1, 0.15) is 5.75 Å². The predicted molar refractivity (Wildman–Crippen MR) is 158 cm³/mol. The summed E-state index contributed by atoms with van der Waals surface area (Å²) in [6.07, 6.45) is 0. The van der Waals surface area contributed by atoms with Crippen molar-refractivity contribution in [3.05, 3.63) is 144 Å². The average molecular weight is 489 g/mol. The highest BCUT2D eigenvalue weighted by Gasteiger charge is 2.21. The quantitative estimate of drug-likeness (QED) is 0.257. The van der Waals surface area contributed by atoms with Gasteiger partial charge in [-0.05, 0) is 97.0 Å². The van der Waals surface area contributed by atoms with Crippen molar-refractivity contribution in [1.29, 1.82) is 0 Å². The molecule has 0 bridgehead atoms. The number of hydrogen-bond donors (Lipinski definition) is 1. The van der Waals surface area contributed by atoms with E-state index < -0.39 is 7.92 Å². The van der Waals surface area contributed by atoms with Crippen LogP contribution in [0.5, 0.6) is 5.75 Å². The molecular formula is C34H33OP. The zero-order valence-corrected chi connectivity index (χ0v) is 22.3. The first kappa shape index (κ1) is 25.4. The standard InChI is InChI=1S/C22H23OP.C12H10/c1-15-7-5-9-21(17(15)3)24(20-13-11-19(23)12-14-20)22-10-6-8-16(2)18(22)4;1-3-7-11(8-4-1)12-9-5-2-6-10-12/h5-14,23H,1-4H3;1-10H. The number of rotatable bonds is 4. The van der Waals surface area contributed by atoms with E-state index >= 15 is 0 Å². The van der Waals surface area contributed by atoms with E-state index in [0.29, 0.717) is 5.75 Å². The molecule has 5 rings (SSSR count). The molecule has 0 aromatic heterocycles. The van der Waals surface area contributed by atoms with Crippen LogP contribution in [0, 0.1) is 27.7 Å². The van der Waals surface area contributed by atoms with E-state index in [1.54, 1.807) is 12.1 Å². The Bertz CT molecular complexity index is 1320. The Kier molecular flexibility index (Phi) is 8.36. The molecule has 2 heteroatoms. The minimum atomic E-state index is -0.644. The van der Waals surface area contributed by atoms with Crippen LogP contribution in [0.1, 0.15) is 22.3 Å². The van der Waals surface area contributed by atoms with E-state index in [2.05, 4.69) is 125 Å². The molecule has 5 aromatic carbocycles. The fourth-order valence-electron chi connectivity index (χ4n) is 4.23. The lowest BCUT2D eigenvalue weighted by Gasteiger charge is -2.24. The van der Waals surface area contributed by atoms with Crippen LogP contribution < -0.4 is 15.9 Å². The molecule has 0 heterocycles. The Labute approximate surface area is 216 Å². The average Bonchev–Trinajstić information content (AvgIpc) is 2.91. The van der Waals surface area contributed by atoms with Gasteiger partial charge in [0.25, 0.3) is 0 Å². The van der Waals surface area contributed by atoms with E-state index in [-0.39, 0.29) is 0 Å². The minimum Gasteiger partial charge on any atom is -0.508 e. The van der Waals surface area contributed by atoms with Gasteiger partial charge < -0.3 is 5.11 Å². The minimum absolute atomic E-state index is 0.315. The van der Waals surface area contributed by atoms with Crippen LogP contribution in [0.4, 0.5) is 0 Å². The van der Waals surface area contributed by atoms with Gasteiger partial charge >= 0.3 is 0 Å². The number of hydrogen-bond acceptors (Lipinski definition) is 1. The third-order valence-electron chi connectivity index (χ3n) is 6.62. The smallest absolute Gasteiger partial charge is 0.115 e. The lowest BCUT2D eigenvalue weighted by atomic mass is 10.1. The van der Waals surface area contributed by atoms with Crippen molar-refractivity contribution in [2.75, 3.05) is 0 Å². The zero-order valence-electron chi connectivity index (χ0n) is 21.4. The van der Waals surface area contributed by atoms with Gasteiger partial charge in [0, 0.05) is 0 Å². The molecule has 36 heavy (non-hydrogen) atoms. The summed E-state index contributed by atoms with van der Waals surface area (Å²) in [6.45, 7) is 8.77. The first-order valence-electron chi connectivity index (χ1n) is 12.3. The van der Waals surface area contributed by atoms with Crippen LogP contribution in [0.15, 0.2) is 121 Å². The summed E-state index contributed by atoms with van der Waals surface area (Å²) in [5, 5.41) is 13.7. The van der Waals surface area contributed by atoms with Gasteiger partial charge in [-0.1, -0.05) is 109 Å². The third kappa shape index (κ3) is 5.93. The van der Waals surface area contributed by atoms with Gasteiger partial charge in [0.15, 0.2) is 0 Å². The molecule has 0 atom stereocenters. The van der Waals surface area contributed by atoms with E-state index in [0.717, 1.165) is 0 Å². The van der Waals surface area contributed by atoms with Crippen LogP contribution in [0.2, 0.25) is 0 Å². The van der Waals surface area contributed by atoms with E-state index in [1.807, 2.05) is 12.1 Å². The van der Waals surface area contributed by atoms with Crippen molar-refractivity contribution in [1.82, 2.24) is 0 Å². The normalized spacial score (nSPS) is 10.6. The third-order valence-corrected chi connectivity index (χ3v) is 9.37. The molecule has 0 radical (unpaired) electrons. The van der Waals surface area contributed by atoms with Crippen molar-refractivity contribution in [2.24, 2.45) is 0 Å². The maximum atomic E-state index is 9.68.